The van der Waals surface area contributed by atoms with Gasteiger partial charge in [0.15, 0.2) is 18.7 Å². The molecule has 5 N–H and O–H groups in total. The number of aromatic carboxylic acids is 1. The van der Waals surface area contributed by atoms with Crippen LogP contribution >= 0.6 is 0 Å². The molecule has 0 spiro atoms. The number of oxime groups is 1. The number of rotatable bonds is 26. The summed E-state index contributed by atoms with van der Waals surface area (Å²) in [6.45, 7) is 20.4. The number of carbonyl (C=O) groups excluding carboxylic acids is 2. The van der Waals surface area contributed by atoms with Crippen LogP contribution in [0.2, 0.25) is 0 Å². The van der Waals surface area contributed by atoms with Crippen molar-refractivity contribution >= 4 is 34.5 Å². The number of fused-ring (bicyclic) bond motifs is 1. The Kier molecular flexibility index (Phi) is 27.2. The highest BCUT2D eigenvalue weighted by Crippen LogP contribution is 2.42. The number of aliphatic hydroxyl groups excluding tert-OH is 2. The van der Waals surface area contributed by atoms with E-state index >= 15 is 0 Å². The molecule has 24 heteroatoms. The van der Waals surface area contributed by atoms with E-state index in [1.807, 2.05) is 45.0 Å². The van der Waals surface area contributed by atoms with E-state index in [0.717, 1.165) is 5.56 Å². The van der Waals surface area contributed by atoms with Crippen LogP contribution in [0, 0.1) is 23.7 Å². The van der Waals surface area contributed by atoms with Crippen LogP contribution in [0.1, 0.15) is 131 Å². The number of aliphatic hydroxyl groups is 4. The summed E-state index contributed by atoms with van der Waals surface area (Å²) in [6.07, 6.45) is -7.92. The van der Waals surface area contributed by atoms with Crippen LogP contribution in [0.5, 0.6) is 0 Å². The van der Waals surface area contributed by atoms with Gasteiger partial charge in [0.2, 0.25) is 12.2 Å². The molecule has 18 atom stereocenters. The number of cyclic esters (lactones) is 1. The number of esters is 2. The standard InChI is InChI=1S/C61H99N3O21/c1-16-46-61(11,73)53(68)37(5)49(62-79-34-78-26-25-74-14)35(3)31-59(9,72)54(85-58-51(67)45(63(12)13)29-36(4)80-58)38(6)52(39(7)57(71)82-46)84-48-32-60(10,75-15)55(40(8)81-48)83-47(65)22-24-77-28-27-76-23-18-19-41-20-21-44-42(30-41)50(66)43(56(69)70)33-64(44)17-2/h20-21,30,33,35-40,45-46,48,51-55,58,67-68,72-73H,16-19,22-29,31-32,34H2,1-15H3,(H,69,70)/t35-,36-,37+,38+,39-,40+,45+,46-,48+,51-,52+,53-,54-,55+,58+,59-,60-,61-/m1/s1. The molecule has 3 aliphatic rings. The predicted octanol–water partition coefficient (Wildman–Crippen LogP) is 4.85. The van der Waals surface area contributed by atoms with Gasteiger partial charge >= 0.3 is 17.9 Å². The van der Waals surface area contributed by atoms with E-state index in [2.05, 4.69) is 5.16 Å². The second kappa shape index (κ2) is 32.3. The third-order valence-electron chi connectivity index (χ3n) is 17.1. The van der Waals surface area contributed by atoms with E-state index in [0.29, 0.717) is 49.9 Å². The molecule has 2 aromatic rings. The first kappa shape index (κ1) is 71.5. The van der Waals surface area contributed by atoms with Crippen LogP contribution < -0.4 is 5.43 Å². The van der Waals surface area contributed by atoms with Gasteiger partial charge in [-0.3, -0.25) is 14.4 Å². The number of likely N-dealkylation sites (N-methyl/N-ethyl adjacent to an activating group) is 1. The van der Waals surface area contributed by atoms with Crippen molar-refractivity contribution in [2.24, 2.45) is 28.8 Å². The lowest BCUT2D eigenvalue weighted by Gasteiger charge is -2.49. The van der Waals surface area contributed by atoms with E-state index in [4.69, 9.17) is 56.9 Å². The van der Waals surface area contributed by atoms with Gasteiger partial charge in [-0.05, 0) is 112 Å². The fourth-order valence-corrected chi connectivity index (χ4v) is 12.2. The Balaban J connectivity index is 1.31. The number of nitrogens with zero attached hydrogens (tertiary/aromatic N) is 3. The highest BCUT2D eigenvalue weighted by atomic mass is 16.7. The molecule has 1 aromatic carbocycles. The predicted molar refractivity (Wildman–Crippen MR) is 312 cm³/mol. The van der Waals surface area contributed by atoms with Gasteiger partial charge in [0.1, 0.15) is 29.0 Å². The number of benzene rings is 1. The molecule has 484 valence electrons. The number of carbonyl (C=O) groups is 3. The highest BCUT2D eigenvalue weighted by Gasteiger charge is 2.54. The van der Waals surface area contributed by atoms with E-state index in [1.54, 1.807) is 66.0 Å². The van der Waals surface area contributed by atoms with Gasteiger partial charge in [-0.15, -0.1) is 0 Å². The van der Waals surface area contributed by atoms with Crippen molar-refractivity contribution in [3.63, 3.8) is 0 Å². The lowest BCUT2D eigenvalue weighted by atomic mass is 9.73. The molecule has 0 saturated carbocycles. The molecule has 4 heterocycles. The first-order valence-electron chi connectivity index (χ1n) is 29.9. The summed E-state index contributed by atoms with van der Waals surface area (Å²) < 4.78 is 68.7. The number of methoxy groups -OCH3 is 2. The van der Waals surface area contributed by atoms with Gasteiger partial charge in [-0.1, -0.05) is 38.9 Å². The van der Waals surface area contributed by atoms with E-state index < -0.39 is 119 Å². The summed E-state index contributed by atoms with van der Waals surface area (Å²) in [5, 5.41) is 63.4. The van der Waals surface area contributed by atoms with Gasteiger partial charge in [0, 0.05) is 69.2 Å². The monoisotopic (exact) mass is 1210 g/mol. The average molecular weight is 1210 g/mol. The Morgan fingerprint density at radius 3 is 2.18 bits per heavy atom. The molecule has 24 nitrogen and oxygen atoms in total. The third-order valence-corrected chi connectivity index (χ3v) is 17.1. The van der Waals surface area contributed by atoms with Crippen molar-refractivity contribution in [3.05, 3.63) is 45.7 Å². The smallest absolute Gasteiger partial charge is 0.341 e. The van der Waals surface area contributed by atoms with Gasteiger partial charge in [0.05, 0.1) is 92.7 Å². The quantitative estimate of drug-likeness (QED) is 0.0364. The van der Waals surface area contributed by atoms with Gasteiger partial charge < -0.3 is 91.9 Å². The van der Waals surface area contributed by atoms with E-state index in [9.17, 15) is 44.7 Å². The zero-order chi connectivity index (χ0) is 63.1. The molecule has 5 rings (SSSR count). The van der Waals surface area contributed by atoms with Crippen LogP contribution in [0.4, 0.5) is 0 Å². The highest BCUT2D eigenvalue weighted by molar-refractivity contribution is 5.92. The van der Waals surface area contributed by atoms with Crippen LogP contribution in [0.25, 0.3) is 10.9 Å². The summed E-state index contributed by atoms with van der Waals surface area (Å²) in [7, 11) is 6.71. The summed E-state index contributed by atoms with van der Waals surface area (Å²) in [5.41, 5.74) is -4.06. The minimum Gasteiger partial charge on any atom is -0.477 e. The van der Waals surface area contributed by atoms with Crippen molar-refractivity contribution in [1.29, 1.82) is 0 Å². The fraction of sp³-hybridized carbons (Fsp3) is 0.787. The molecule has 1 aromatic heterocycles. The maximum Gasteiger partial charge on any atom is 0.341 e. The van der Waals surface area contributed by atoms with Crippen molar-refractivity contribution in [2.45, 2.75) is 212 Å². The molecular weight excluding hydrogens is 1110 g/mol. The normalized spacial score (nSPS) is 34.9. The largest absolute Gasteiger partial charge is 0.477 e. The lowest BCUT2D eigenvalue weighted by molar-refractivity contribution is -0.318. The number of carboxylic acids is 1. The van der Waals surface area contributed by atoms with Crippen LogP contribution in [-0.4, -0.2) is 218 Å². The molecule has 0 unspecified atom stereocenters. The summed E-state index contributed by atoms with van der Waals surface area (Å²) in [4.78, 5) is 60.3. The van der Waals surface area contributed by atoms with Gasteiger partial charge in [-0.25, -0.2) is 4.79 Å². The number of aromatic nitrogens is 1. The summed E-state index contributed by atoms with van der Waals surface area (Å²) >= 11 is 0. The Morgan fingerprint density at radius 1 is 0.859 bits per heavy atom. The molecular formula is C61H99N3O21. The van der Waals surface area contributed by atoms with Crippen molar-refractivity contribution in [2.75, 3.05) is 74.7 Å². The Bertz CT molecular complexity index is 2540. The number of hydrogen-bond acceptors (Lipinski definition) is 22. The first-order chi connectivity index (χ1) is 40.1. The minimum absolute atomic E-state index is 0.00746. The van der Waals surface area contributed by atoms with Crippen LogP contribution in [-0.2, 0) is 79.5 Å². The second-order valence-electron chi connectivity index (χ2n) is 24.1. The molecule has 3 aliphatic heterocycles. The molecule has 85 heavy (non-hydrogen) atoms. The first-order valence-corrected chi connectivity index (χ1v) is 29.9. The van der Waals surface area contributed by atoms with Crippen LogP contribution in [0.15, 0.2) is 34.3 Å². The topological polar surface area (TPSA) is 301 Å². The zero-order valence-electron chi connectivity index (χ0n) is 52.7. The summed E-state index contributed by atoms with van der Waals surface area (Å²) in [5.74, 6) is -6.32. The Hall–Kier alpha value is -4.25. The molecule has 3 fully saturated rings. The molecule has 0 bridgehead atoms. The number of hydrogen-bond donors (Lipinski definition) is 5. The van der Waals surface area contributed by atoms with Crippen molar-refractivity contribution < 1.29 is 96.9 Å². The number of aryl methyl sites for hydroxylation is 2. The Morgan fingerprint density at radius 2 is 1.54 bits per heavy atom. The zero-order valence-corrected chi connectivity index (χ0v) is 52.7. The van der Waals surface area contributed by atoms with E-state index in [1.165, 1.54) is 27.3 Å². The molecule has 0 radical (unpaired) electrons. The number of pyridine rings is 1. The summed E-state index contributed by atoms with van der Waals surface area (Å²) in [6, 6.07) is 5.10. The lowest BCUT2D eigenvalue weighted by Crippen LogP contribution is -2.61. The maximum atomic E-state index is 14.7. The van der Waals surface area contributed by atoms with Gasteiger partial charge in [0.25, 0.3) is 0 Å². The SMILES string of the molecule is CC[C@H]1OC(=O)[C@H](C)[C@@H](O[C@H]2C[C@@](C)(OC)[C@@H](OC(=O)CCOCCOCCCc3ccc4c(c3)c(=O)c(C(=O)O)cn4CC)[C@H](C)O2)[C@H](C)[C@@H](O[C@@H]2O[C@H](C)C[C@H](N(C)C)[C@H]2O)[C@](C)(O)C[C@@H](C)C(=NOCOCCOC)[C@H](C)[C@@H](O)[C@]1(C)O. The third kappa shape index (κ3) is 18.4. The number of ether oxygens (including phenoxy) is 11. The van der Waals surface area contributed by atoms with E-state index in [-0.39, 0.29) is 82.3 Å². The number of carboxylic acid groups (broad SMARTS) is 1. The maximum absolute atomic E-state index is 14.7. The van der Waals surface area contributed by atoms with Gasteiger partial charge in [-0.2, -0.15) is 0 Å². The molecule has 0 amide bonds. The average Bonchev–Trinajstić information content (AvgIpc) is 1.85. The van der Waals surface area contributed by atoms with Crippen LogP contribution in [0.3, 0.4) is 0 Å². The molecule has 3 saturated heterocycles. The fourth-order valence-electron chi connectivity index (χ4n) is 12.2. The minimum atomic E-state index is -2.03. The molecule has 0 aliphatic carbocycles. The second-order valence-corrected chi connectivity index (χ2v) is 24.1. The Labute approximate surface area is 500 Å². The van der Waals surface area contributed by atoms with Crippen molar-refractivity contribution in [3.8, 4) is 0 Å². The van der Waals surface area contributed by atoms with Crippen molar-refractivity contribution in [1.82, 2.24) is 9.47 Å².